The van der Waals surface area contributed by atoms with Gasteiger partial charge in [-0.05, 0) is 12.1 Å². The SMILES string of the molecule is Cl.O=C(c1cccnc1)N1CCN(CCCl)CC1. The summed E-state index contributed by atoms with van der Waals surface area (Å²) in [5.41, 5.74) is 0.665. The second-order valence-electron chi connectivity index (χ2n) is 4.06. The summed E-state index contributed by atoms with van der Waals surface area (Å²) in [4.78, 5) is 20.2. The van der Waals surface area contributed by atoms with Gasteiger partial charge in [-0.3, -0.25) is 14.7 Å². The molecule has 0 N–H and O–H groups in total. The van der Waals surface area contributed by atoms with Gasteiger partial charge in [-0.15, -0.1) is 24.0 Å². The van der Waals surface area contributed by atoms with Gasteiger partial charge in [0.1, 0.15) is 0 Å². The van der Waals surface area contributed by atoms with Gasteiger partial charge >= 0.3 is 0 Å². The van der Waals surface area contributed by atoms with Gasteiger partial charge in [0.2, 0.25) is 0 Å². The lowest BCUT2D eigenvalue weighted by atomic mass is 10.2. The van der Waals surface area contributed by atoms with Crippen molar-refractivity contribution in [3.63, 3.8) is 0 Å². The van der Waals surface area contributed by atoms with E-state index in [9.17, 15) is 4.79 Å². The molecule has 0 aliphatic carbocycles. The summed E-state index contributed by atoms with van der Waals surface area (Å²) >= 11 is 5.70. The molecule has 1 aromatic heterocycles. The fourth-order valence-electron chi connectivity index (χ4n) is 1.97. The number of hydrogen-bond donors (Lipinski definition) is 0. The Morgan fingerprint density at radius 1 is 1.33 bits per heavy atom. The highest BCUT2D eigenvalue weighted by atomic mass is 35.5. The molecule has 1 amide bonds. The summed E-state index contributed by atoms with van der Waals surface area (Å²) < 4.78 is 0. The van der Waals surface area contributed by atoms with Crippen LogP contribution in [0.1, 0.15) is 10.4 Å². The first-order chi connectivity index (χ1) is 8.31. The van der Waals surface area contributed by atoms with Crippen molar-refractivity contribution < 1.29 is 4.79 Å². The molecule has 0 bridgehead atoms. The predicted octanol–water partition coefficient (Wildman–Crippen LogP) is 1.50. The predicted molar refractivity (Wildman–Crippen MR) is 74.5 cm³/mol. The van der Waals surface area contributed by atoms with Gasteiger partial charge in [-0.25, -0.2) is 0 Å². The number of alkyl halides is 1. The minimum atomic E-state index is 0. The second-order valence-corrected chi connectivity index (χ2v) is 4.44. The first kappa shape index (κ1) is 15.2. The van der Waals surface area contributed by atoms with Crippen LogP contribution in [-0.4, -0.2) is 59.3 Å². The molecule has 1 aromatic rings. The van der Waals surface area contributed by atoms with Gasteiger partial charge in [0.15, 0.2) is 0 Å². The van der Waals surface area contributed by atoms with Gasteiger partial charge in [-0.2, -0.15) is 0 Å². The standard InChI is InChI=1S/C12H16ClN3O.ClH/c13-3-5-15-6-8-16(9-7-15)12(17)11-2-1-4-14-10-11;/h1-2,4,10H,3,5-9H2;1H. The van der Waals surface area contributed by atoms with E-state index in [0.29, 0.717) is 11.4 Å². The molecule has 0 saturated carbocycles. The number of halogens is 2. The maximum absolute atomic E-state index is 12.1. The number of aromatic nitrogens is 1. The van der Waals surface area contributed by atoms with Crippen molar-refractivity contribution in [1.29, 1.82) is 0 Å². The summed E-state index contributed by atoms with van der Waals surface area (Å²) in [6.45, 7) is 4.24. The highest BCUT2D eigenvalue weighted by molar-refractivity contribution is 6.18. The fraction of sp³-hybridized carbons (Fsp3) is 0.500. The van der Waals surface area contributed by atoms with E-state index in [2.05, 4.69) is 9.88 Å². The van der Waals surface area contributed by atoms with E-state index in [1.807, 2.05) is 4.90 Å². The van der Waals surface area contributed by atoms with Crippen LogP contribution in [0, 0.1) is 0 Å². The molecule has 1 fully saturated rings. The van der Waals surface area contributed by atoms with Crippen molar-refractivity contribution in [2.75, 3.05) is 38.6 Å². The van der Waals surface area contributed by atoms with Crippen molar-refractivity contribution in [1.82, 2.24) is 14.8 Å². The summed E-state index contributed by atoms with van der Waals surface area (Å²) in [6, 6.07) is 3.59. The number of piperazine rings is 1. The van der Waals surface area contributed by atoms with Crippen LogP contribution in [0.2, 0.25) is 0 Å². The molecule has 0 atom stereocenters. The van der Waals surface area contributed by atoms with Gasteiger partial charge in [0, 0.05) is 51.0 Å². The highest BCUT2D eigenvalue weighted by Gasteiger charge is 2.21. The highest BCUT2D eigenvalue weighted by Crippen LogP contribution is 2.07. The van der Waals surface area contributed by atoms with Crippen molar-refractivity contribution >= 4 is 29.9 Å². The minimum Gasteiger partial charge on any atom is -0.336 e. The smallest absolute Gasteiger partial charge is 0.255 e. The van der Waals surface area contributed by atoms with Crippen LogP contribution < -0.4 is 0 Å². The van der Waals surface area contributed by atoms with Gasteiger partial charge in [0.05, 0.1) is 5.56 Å². The first-order valence-electron chi connectivity index (χ1n) is 5.79. The molecule has 0 spiro atoms. The van der Waals surface area contributed by atoms with E-state index in [1.165, 1.54) is 0 Å². The second kappa shape index (κ2) is 7.56. The van der Waals surface area contributed by atoms with Crippen LogP contribution in [0.3, 0.4) is 0 Å². The number of rotatable bonds is 3. The molecule has 6 heteroatoms. The topological polar surface area (TPSA) is 36.4 Å². The Balaban J connectivity index is 0.00000162. The molecule has 0 radical (unpaired) electrons. The number of carbonyl (C=O) groups is 1. The maximum atomic E-state index is 12.1. The van der Waals surface area contributed by atoms with Gasteiger partial charge in [-0.1, -0.05) is 0 Å². The molecule has 2 rings (SSSR count). The van der Waals surface area contributed by atoms with Crippen LogP contribution in [0.5, 0.6) is 0 Å². The van der Waals surface area contributed by atoms with Crippen LogP contribution in [0.25, 0.3) is 0 Å². The van der Waals surface area contributed by atoms with Crippen LogP contribution in [0.15, 0.2) is 24.5 Å². The molecule has 18 heavy (non-hydrogen) atoms. The molecular formula is C12H17Cl2N3O. The zero-order valence-electron chi connectivity index (χ0n) is 10.1. The number of amides is 1. The molecule has 2 heterocycles. The Labute approximate surface area is 118 Å². The zero-order valence-corrected chi connectivity index (χ0v) is 11.7. The maximum Gasteiger partial charge on any atom is 0.255 e. The number of pyridine rings is 1. The van der Waals surface area contributed by atoms with E-state index in [1.54, 1.807) is 24.5 Å². The molecule has 0 aromatic carbocycles. The van der Waals surface area contributed by atoms with Crippen LogP contribution in [0.4, 0.5) is 0 Å². The largest absolute Gasteiger partial charge is 0.336 e. The zero-order chi connectivity index (χ0) is 12.1. The van der Waals surface area contributed by atoms with E-state index in [4.69, 9.17) is 11.6 Å². The molecule has 100 valence electrons. The normalized spacial score (nSPS) is 16.2. The lowest BCUT2D eigenvalue weighted by Gasteiger charge is -2.34. The number of hydrogen-bond acceptors (Lipinski definition) is 3. The number of nitrogens with zero attached hydrogens (tertiary/aromatic N) is 3. The first-order valence-corrected chi connectivity index (χ1v) is 6.32. The molecular weight excluding hydrogens is 273 g/mol. The molecule has 1 aliphatic rings. The Bertz CT molecular complexity index is 367. The van der Waals surface area contributed by atoms with E-state index in [0.717, 1.165) is 32.7 Å². The third kappa shape index (κ3) is 3.83. The Hall–Kier alpha value is -0.840. The fourth-order valence-corrected chi connectivity index (χ4v) is 2.20. The molecule has 4 nitrogen and oxygen atoms in total. The minimum absolute atomic E-state index is 0. The van der Waals surface area contributed by atoms with E-state index in [-0.39, 0.29) is 18.3 Å². The van der Waals surface area contributed by atoms with Crippen molar-refractivity contribution in [3.05, 3.63) is 30.1 Å². The number of carbonyl (C=O) groups excluding carboxylic acids is 1. The molecule has 0 unspecified atom stereocenters. The summed E-state index contributed by atoms with van der Waals surface area (Å²) in [5, 5.41) is 0. The molecule has 1 saturated heterocycles. The molecule has 1 aliphatic heterocycles. The Morgan fingerprint density at radius 3 is 2.61 bits per heavy atom. The Morgan fingerprint density at radius 2 is 2.06 bits per heavy atom. The van der Waals surface area contributed by atoms with E-state index >= 15 is 0 Å². The van der Waals surface area contributed by atoms with Crippen molar-refractivity contribution in [2.24, 2.45) is 0 Å². The third-order valence-electron chi connectivity index (χ3n) is 2.97. The monoisotopic (exact) mass is 289 g/mol. The van der Waals surface area contributed by atoms with Crippen LogP contribution in [-0.2, 0) is 0 Å². The third-order valence-corrected chi connectivity index (χ3v) is 3.14. The average molecular weight is 290 g/mol. The summed E-state index contributed by atoms with van der Waals surface area (Å²) in [7, 11) is 0. The van der Waals surface area contributed by atoms with E-state index < -0.39 is 0 Å². The lowest BCUT2D eigenvalue weighted by Crippen LogP contribution is -2.49. The summed E-state index contributed by atoms with van der Waals surface area (Å²) in [5.74, 6) is 0.722. The van der Waals surface area contributed by atoms with Crippen molar-refractivity contribution in [2.45, 2.75) is 0 Å². The van der Waals surface area contributed by atoms with Crippen LogP contribution >= 0.6 is 24.0 Å². The van der Waals surface area contributed by atoms with Gasteiger partial charge in [0.25, 0.3) is 5.91 Å². The van der Waals surface area contributed by atoms with Gasteiger partial charge < -0.3 is 4.90 Å². The van der Waals surface area contributed by atoms with Crippen molar-refractivity contribution in [3.8, 4) is 0 Å². The quantitative estimate of drug-likeness (QED) is 0.792. The average Bonchev–Trinajstić information content (AvgIpc) is 2.40. The lowest BCUT2D eigenvalue weighted by molar-refractivity contribution is 0.0644. The Kier molecular flexibility index (Phi) is 6.39. The summed E-state index contributed by atoms with van der Waals surface area (Å²) in [6.07, 6.45) is 3.29.